The average molecular weight is 359 g/mol. The molecule has 0 spiro atoms. The molecule has 1 fully saturated rings. The Kier molecular flexibility index (Phi) is 5.39. The molecule has 2 aromatic rings. The summed E-state index contributed by atoms with van der Waals surface area (Å²) in [6.07, 6.45) is 6.74. The van der Waals surface area contributed by atoms with Crippen LogP contribution >= 0.6 is 0 Å². The topological polar surface area (TPSA) is 62.3 Å². The molecule has 2 heterocycles. The summed E-state index contributed by atoms with van der Waals surface area (Å²) in [4.78, 5) is 6.72. The summed E-state index contributed by atoms with van der Waals surface area (Å²) < 4.78 is 24.8. The van der Waals surface area contributed by atoms with Crippen molar-refractivity contribution in [3.8, 4) is 11.1 Å². The number of aromatic nitrogens is 1. The van der Waals surface area contributed by atoms with E-state index < -0.39 is 10.0 Å². The molecule has 6 heteroatoms. The Bertz CT molecular complexity index is 796. The van der Waals surface area contributed by atoms with Crippen molar-refractivity contribution in [3.63, 3.8) is 0 Å². The van der Waals surface area contributed by atoms with E-state index in [1.807, 2.05) is 6.07 Å². The zero-order valence-corrected chi connectivity index (χ0v) is 15.6. The van der Waals surface area contributed by atoms with Crippen molar-refractivity contribution < 1.29 is 8.42 Å². The summed E-state index contributed by atoms with van der Waals surface area (Å²) in [5.41, 5.74) is 3.37. The van der Waals surface area contributed by atoms with Crippen molar-refractivity contribution >= 4 is 15.8 Å². The first-order valence-electron chi connectivity index (χ1n) is 8.70. The summed E-state index contributed by atoms with van der Waals surface area (Å²) in [5.74, 6) is 0.335. The Labute approximate surface area is 150 Å². The molecule has 0 aliphatic carbocycles. The minimum atomic E-state index is -3.30. The molecule has 1 atom stereocenters. The van der Waals surface area contributed by atoms with Crippen molar-refractivity contribution in [1.82, 2.24) is 9.88 Å². The highest BCUT2D eigenvalue weighted by Crippen LogP contribution is 2.27. The number of likely N-dealkylation sites (tertiary alicyclic amines) is 1. The fourth-order valence-electron chi connectivity index (χ4n) is 3.29. The van der Waals surface area contributed by atoms with E-state index in [1.165, 1.54) is 37.9 Å². The molecule has 1 aromatic carbocycles. The number of anilines is 1. The number of hydrogen-bond donors (Lipinski definition) is 1. The Morgan fingerprint density at radius 3 is 2.20 bits per heavy atom. The number of rotatable bonds is 5. The van der Waals surface area contributed by atoms with E-state index in [-0.39, 0.29) is 0 Å². The average Bonchev–Trinajstić information content (AvgIpc) is 2.61. The number of benzene rings is 1. The lowest BCUT2D eigenvalue weighted by molar-refractivity contribution is 0.175. The van der Waals surface area contributed by atoms with Crippen LogP contribution in [0.1, 0.15) is 37.8 Å². The predicted octanol–water partition coefficient (Wildman–Crippen LogP) is 3.67. The van der Waals surface area contributed by atoms with Crippen LogP contribution in [0.2, 0.25) is 0 Å². The molecule has 0 unspecified atom stereocenters. The molecule has 1 aromatic heterocycles. The Balaban J connectivity index is 1.71. The summed E-state index contributed by atoms with van der Waals surface area (Å²) >= 11 is 0. The molecule has 1 N–H and O–H groups in total. The highest BCUT2D eigenvalue weighted by molar-refractivity contribution is 7.92. The van der Waals surface area contributed by atoms with Crippen LogP contribution in [0.25, 0.3) is 11.1 Å². The highest BCUT2D eigenvalue weighted by Gasteiger charge is 2.17. The van der Waals surface area contributed by atoms with Crippen molar-refractivity contribution in [2.24, 2.45) is 0 Å². The maximum absolute atomic E-state index is 11.2. The SMILES string of the molecule is C[C@@H](c1ccc(-c2ccc(NS(C)(=O)=O)nc2)cc1)N1CCCCC1. The lowest BCUT2D eigenvalue weighted by Crippen LogP contribution is -2.32. The molecule has 1 aliphatic rings. The molecule has 3 rings (SSSR count). The fraction of sp³-hybridized carbons (Fsp3) is 0.421. The Hall–Kier alpha value is -1.92. The predicted molar refractivity (Wildman–Crippen MR) is 102 cm³/mol. The van der Waals surface area contributed by atoms with Gasteiger partial charge in [-0.05, 0) is 56.1 Å². The van der Waals surface area contributed by atoms with Crippen molar-refractivity contribution in [2.75, 3.05) is 24.1 Å². The Morgan fingerprint density at radius 2 is 1.64 bits per heavy atom. The van der Waals surface area contributed by atoms with E-state index >= 15 is 0 Å². The van der Waals surface area contributed by atoms with E-state index in [1.54, 1.807) is 12.3 Å². The number of sulfonamides is 1. The van der Waals surface area contributed by atoms with Gasteiger partial charge in [-0.2, -0.15) is 0 Å². The zero-order chi connectivity index (χ0) is 17.9. The molecule has 0 radical (unpaired) electrons. The van der Waals surface area contributed by atoms with Gasteiger partial charge in [0, 0.05) is 17.8 Å². The minimum Gasteiger partial charge on any atom is -0.297 e. The van der Waals surface area contributed by atoms with Crippen LogP contribution in [-0.2, 0) is 10.0 Å². The molecule has 5 nitrogen and oxygen atoms in total. The maximum atomic E-state index is 11.2. The van der Waals surface area contributed by atoms with Crippen LogP contribution in [0, 0.1) is 0 Å². The standard InChI is InChI=1S/C19H25N3O2S/c1-15(22-12-4-3-5-13-22)16-6-8-17(9-7-16)18-10-11-19(20-14-18)21-25(2,23)24/h6-11,14-15H,3-5,12-13H2,1-2H3,(H,20,21)/t15-/m0/s1. The fourth-order valence-corrected chi connectivity index (χ4v) is 3.79. The summed E-state index contributed by atoms with van der Waals surface area (Å²) in [5, 5.41) is 0. The lowest BCUT2D eigenvalue weighted by atomic mass is 10.00. The second-order valence-electron chi connectivity index (χ2n) is 6.70. The molecular formula is C19H25N3O2S. The third-order valence-electron chi connectivity index (χ3n) is 4.72. The van der Waals surface area contributed by atoms with Crippen molar-refractivity contribution in [3.05, 3.63) is 48.2 Å². The van der Waals surface area contributed by atoms with Crippen LogP contribution in [0.5, 0.6) is 0 Å². The molecule has 0 amide bonds. The minimum absolute atomic E-state index is 0.335. The third kappa shape index (κ3) is 4.80. The first kappa shape index (κ1) is 17.9. The lowest BCUT2D eigenvalue weighted by Gasteiger charge is -2.32. The largest absolute Gasteiger partial charge is 0.297 e. The maximum Gasteiger partial charge on any atom is 0.230 e. The molecule has 25 heavy (non-hydrogen) atoms. The zero-order valence-electron chi connectivity index (χ0n) is 14.8. The molecule has 1 aliphatic heterocycles. The first-order valence-corrected chi connectivity index (χ1v) is 10.6. The van der Waals surface area contributed by atoms with E-state index in [4.69, 9.17) is 0 Å². The van der Waals surface area contributed by atoms with Crippen molar-refractivity contribution in [1.29, 1.82) is 0 Å². The molecule has 1 saturated heterocycles. The van der Waals surface area contributed by atoms with Gasteiger partial charge in [0.05, 0.1) is 6.26 Å². The number of nitrogens with one attached hydrogen (secondary N) is 1. The van der Waals surface area contributed by atoms with Gasteiger partial charge in [-0.25, -0.2) is 13.4 Å². The van der Waals surface area contributed by atoms with Gasteiger partial charge in [0.2, 0.25) is 10.0 Å². The van der Waals surface area contributed by atoms with Crippen LogP contribution in [0.4, 0.5) is 5.82 Å². The van der Waals surface area contributed by atoms with Crippen molar-refractivity contribution in [2.45, 2.75) is 32.2 Å². The third-order valence-corrected chi connectivity index (χ3v) is 5.30. The highest BCUT2D eigenvalue weighted by atomic mass is 32.2. The number of piperidine rings is 1. The van der Waals surface area contributed by atoms with E-state index in [0.717, 1.165) is 17.4 Å². The van der Waals surface area contributed by atoms with Crippen LogP contribution in [0.15, 0.2) is 42.6 Å². The molecule has 134 valence electrons. The first-order chi connectivity index (χ1) is 11.9. The molecule has 0 bridgehead atoms. The van der Waals surface area contributed by atoms with Gasteiger partial charge >= 0.3 is 0 Å². The van der Waals surface area contributed by atoms with E-state index in [0.29, 0.717) is 11.9 Å². The van der Waals surface area contributed by atoms with Gasteiger partial charge in [-0.3, -0.25) is 9.62 Å². The van der Waals surface area contributed by atoms with Gasteiger partial charge in [-0.15, -0.1) is 0 Å². The second-order valence-corrected chi connectivity index (χ2v) is 8.45. The number of pyridine rings is 1. The van der Waals surface area contributed by atoms with Gasteiger partial charge in [0.1, 0.15) is 5.82 Å². The van der Waals surface area contributed by atoms with Gasteiger partial charge < -0.3 is 0 Å². The van der Waals surface area contributed by atoms with Crippen LogP contribution < -0.4 is 4.72 Å². The van der Waals surface area contributed by atoms with Gasteiger partial charge in [-0.1, -0.05) is 30.7 Å². The molecular weight excluding hydrogens is 334 g/mol. The van der Waals surface area contributed by atoms with Gasteiger partial charge in [0.15, 0.2) is 0 Å². The summed E-state index contributed by atoms with van der Waals surface area (Å²) in [6.45, 7) is 4.64. The monoisotopic (exact) mass is 359 g/mol. The van der Waals surface area contributed by atoms with E-state index in [2.05, 4.69) is 45.8 Å². The normalized spacial score (nSPS) is 17.2. The van der Waals surface area contributed by atoms with E-state index in [9.17, 15) is 8.42 Å². The summed E-state index contributed by atoms with van der Waals surface area (Å²) in [7, 11) is -3.30. The Morgan fingerprint density at radius 1 is 1.00 bits per heavy atom. The molecule has 0 saturated carbocycles. The summed E-state index contributed by atoms with van der Waals surface area (Å²) in [6, 6.07) is 12.6. The van der Waals surface area contributed by atoms with Gasteiger partial charge in [0.25, 0.3) is 0 Å². The quantitative estimate of drug-likeness (QED) is 0.885. The number of nitrogens with zero attached hydrogens (tertiary/aromatic N) is 2. The van der Waals surface area contributed by atoms with Crippen LogP contribution in [-0.4, -0.2) is 37.6 Å². The second kappa shape index (κ2) is 7.54. The smallest absolute Gasteiger partial charge is 0.230 e. The van der Waals surface area contributed by atoms with Crippen LogP contribution in [0.3, 0.4) is 0 Å². The number of hydrogen-bond acceptors (Lipinski definition) is 4.